The van der Waals surface area contributed by atoms with E-state index >= 15 is 0 Å². The fraction of sp³-hybridized carbons (Fsp3) is 0.500. The Bertz CT molecular complexity index is 333. The van der Waals surface area contributed by atoms with Gasteiger partial charge in [-0.2, -0.15) is 0 Å². The number of thioether (sulfide) groups is 1. The molecule has 0 saturated carbocycles. The Balaban J connectivity index is 2.65. The van der Waals surface area contributed by atoms with Crippen molar-refractivity contribution in [1.29, 1.82) is 0 Å². The highest BCUT2D eigenvalue weighted by Gasteiger charge is 2.15. The summed E-state index contributed by atoms with van der Waals surface area (Å²) >= 11 is 13.7. The van der Waals surface area contributed by atoms with Crippen molar-refractivity contribution >= 4 is 51.5 Å². The lowest BCUT2D eigenvalue weighted by Gasteiger charge is -2.16. The van der Waals surface area contributed by atoms with E-state index in [0.717, 1.165) is 11.8 Å². The molecule has 0 bridgehead atoms. The Morgan fingerprint density at radius 2 is 2.07 bits per heavy atom. The smallest absolute Gasteiger partial charge is 0.288 e. The van der Waals surface area contributed by atoms with E-state index < -0.39 is 0 Å². The number of thiazole rings is 1. The molecule has 0 aliphatic rings. The maximum atomic E-state index is 11.7. The van der Waals surface area contributed by atoms with Gasteiger partial charge in [0.1, 0.15) is 4.34 Å². The number of nitrogens with zero attached hydrogens (tertiary/aromatic N) is 2. The summed E-state index contributed by atoms with van der Waals surface area (Å²) < 4.78 is 1.01. The van der Waals surface area contributed by atoms with Crippen LogP contribution >= 0.6 is 46.3 Å². The molecule has 0 fully saturated rings. The number of carbonyl (C=O) groups is 1. The number of hydrogen-bond donors (Lipinski definition) is 0. The summed E-state index contributed by atoms with van der Waals surface area (Å²) in [6, 6.07) is 0. The molecule has 0 atom stereocenters. The van der Waals surface area contributed by atoms with Gasteiger partial charge in [0.2, 0.25) is 0 Å². The van der Waals surface area contributed by atoms with E-state index in [1.54, 1.807) is 4.90 Å². The summed E-state index contributed by atoms with van der Waals surface area (Å²) in [7, 11) is 0. The first-order chi connectivity index (χ1) is 7.08. The number of amides is 1. The van der Waals surface area contributed by atoms with E-state index in [4.69, 9.17) is 23.2 Å². The third-order valence-electron chi connectivity index (χ3n) is 1.72. The molecule has 0 aliphatic heterocycles. The molecule has 7 heteroatoms. The average Bonchev–Trinajstić information content (AvgIpc) is 2.47. The highest BCUT2D eigenvalue weighted by Crippen LogP contribution is 2.34. The minimum atomic E-state index is -0.0258. The van der Waals surface area contributed by atoms with Gasteiger partial charge in [-0.05, 0) is 13.8 Å². The zero-order valence-electron chi connectivity index (χ0n) is 8.29. The van der Waals surface area contributed by atoms with Gasteiger partial charge in [0.25, 0.3) is 5.24 Å². The molecule has 0 unspecified atom stereocenters. The molecule has 1 heterocycles. The third-order valence-corrected chi connectivity index (χ3v) is 4.45. The van der Waals surface area contributed by atoms with Crippen LogP contribution in [0.15, 0.2) is 4.34 Å². The monoisotopic (exact) mass is 284 g/mol. The number of aromatic nitrogens is 1. The van der Waals surface area contributed by atoms with Crippen LogP contribution in [-0.2, 0) is 0 Å². The van der Waals surface area contributed by atoms with Crippen molar-refractivity contribution in [2.24, 2.45) is 0 Å². The van der Waals surface area contributed by atoms with Crippen LogP contribution < -0.4 is 0 Å². The Morgan fingerprint density at radius 1 is 1.47 bits per heavy atom. The van der Waals surface area contributed by atoms with Crippen LogP contribution in [-0.4, -0.2) is 28.2 Å². The maximum absolute atomic E-state index is 11.7. The van der Waals surface area contributed by atoms with Crippen molar-refractivity contribution in [3.05, 3.63) is 9.49 Å². The van der Waals surface area contributed by atoms with Gasteiger partial charge in [0.05, 0.1) is 0 Å². The molecule has 0 N–H and O–H groups in total. The summed E-state index contributed by atoms with van der Waals surface area (Å²) in [5, 5.41) is 0.235. The lowest BCUT2D eigenvalue weighted by Crippen LogP contribution is -2.26. The quantitative estimate of drug-likeness (QED) is 0.787. The Morgan fingerprint density at radius 3 is 2.47 bits per heavy atom. The first-order valence-corrected chi connectivity index (χ1v) is 6.75. The van der Waals surface area contributed by atoms with Crippen molar-refractivity contribution in [2.75, 3.05) is 13.1 Å². The fourth-order valence-electron chi connectivity index (χ4n) is 0.930. The molecular formula is C8H10Cl2N2OS2. The predicted molar refractivity (Wildman–Crippen MR) is 66.3 cm³/mol. The first-order valence-electron chi connectivity index (χ1n) is 4.37. The van der Waals surface area contributed by atoms with Gasteiger partial charge in [-0.3, -0.25) is 4.79 Å². The van der Waals surface area contributed by atoms with E-state index in [1.807, 2.05) is 13.8 Å². The molecule has 15 heavy (non-hydrogen) atoms. The van der Waals surface area contributed by atoms with Crippen molar-refractivity contribution in [3.63, 3.8) is 0 Å². The van der Waals surface area contributed by atoms with E-state index in [9.17, 15) is 4.79 Å². The Labute approximate surface area is 107 Å². The highest BCUT2D eigenvalue weighted by molar-refractivity contribution is 8.14. The van der Waals surface area contributed by atoms with E-state index in [-0.39, 0.29) is 10.4 Å². The summed E-state index contributed by atoms with van der Waals surface area (Å²) in [6.07, 6.45) is 0. The molecule has 0 radical (unpaired) electrons. The molecule has 1 rings (SSSR count). The average molecular weight is 285 g/mol. The Kier molecular flexibility index (Phi) is 5.18. The van der Waals surface area contributed by atoms with Gasteiger partial charge in [-0.25, -0.2) is 4.98 Å². The van der Waals surface area contributed by atoms with Gasteiger partial charge >= 0.3 is 0 Å². The van der Waals surface area contributed by atoms with Crippen LogP contribution in [0.2, 0.25) is 9.49 Å². The van der Waals surface area contributed by atoms with Gasteiger partial charge in [-0.1, -0.05) is 34.5 Å². The second-order valence-electron chi connectivity index (χ2n) is 2.58. The lowest BCUT2D eigenvalue weighted by atomic mass is 10.6. The van der Waals surface area contributed by atoms with Crippen LogP contribution in [0.1, 0.15) is 13.8 Å². The molecule has 0 aromatic carbocycles. The number of rotatable bonds is 3. The molecule has 0 spiro atoms. The molecule has 0 saturated heterocycles. The second kappa shape index (κ2) is 5.94. The van der Waals surface area contributed by atoms with Crippen molar-refractivity contribution < 1.29 is 4.79 Å². The maximum Gasteiger partial charge on any atom is 0.288 e. The van der Waals surface area contributed by atoms with Crippen molar-refractivity contribution in [1.82, 2.24) is 9.88 Å². The van der Waals surface area contributed by atoms with Crippen LogP contribution in [0, 0.1) is 0 Å². The van der Waals surface area contributed by atoms with Gasteiger partial charge in [-0.15, -0.1) is 0 Å². The van der Waals surface area contributed by atoms with Crippen LogP contribution in [0.3, 0.4) is 0 Å². The number of hydrogen-bond acceptors (Lipinski definition) is 4. The molecule has 0 aliphatic carbocycles. The minimum absolute atomic E-state index is 0.0258. The number of halogens is 2. The van der Waals surface area contributed by atoms with E-state index in [1.165, 1.54) is 11.3 Å². The Hall–Kier alpha value is 0.0300. The lowest BCUT2D eigenvalue weighted by molar-refractivity contribution is 0.228. The summed E-state index contributed by atoms with van der Waals surface area (Å²) in [6.45, 7) is 5.25. The predicted octanol–water partition coefficient (Wildman–Crippen LogP) is 4.00. The SMILES string of the molecule is CCN(CC)C(=O)Sc1nc(Cl)c(Cl)s1. The fourth-order valence-corrected chi connectivity index (χ4v) is 3.35. The highest BCUT2D eigenvalue weighted by atomic mass is 35.5. The van der Waals surface area contributed by atoms with Gasteiger partial charge in [0.15, 0.2) is 9.49 Å². The van der Waals surface area contributed by atoms with E-state index in [0.29, 0.717) is 21.8 Å². The summed E-state index contributed by atoms with van der Waals surface area (Å²) in [5.74, 6) is 0. The van der Waals surface area contributed by atoms with Crippen LogP contribution in [0.4, 0.5) is 4.79 Å². The van der Waals surface area contributed by atoms with Gasteiger partial charge < -0.3 is 4.90 Å². The second-order valence-corrected chi connectivity index (χ2v) is 5.74. The first kappa shape index (κ1) is 13.1. The summed E-state index contributed by atoms with van der Waals surface area (Å²) in [5.41, 5.74) is 0. The topological polar surface area (TPSA) is 33.2 Å². The number of carbonyl (C=O) groups excluding carboxylic acids is 1. The minimum Gasteiger partial charge on any atom is -0.334 e. The van der Waals surface area contributed by atoms with Gasteiger partial charge in [0, 0.05) is 24.9 Å². The molecule has 84 valence electrons. The molecule has 1 aromatic heterocycles. The third kappa shape index (κ3) is 3.52. The molecule has 1 aromatic rings. The van der Waals surface area contributed by atoms with Crippen LogP contribution in [0.25, 0.3) is 0 Å². The zero-order valence-corrected chi connectivity index (χ0v) is 11.4. The molecule has 3 nitrogen and oxygen atoms in total. The summed E-state index contributed by atoms with van der Waals surface area (Å²) in [4.78, 5) is 17.3. The van der Waals surface area contributed by atoms with Crippen LogP contribution in [0.5, 0.6) is 0 Å². The van der Waals surface area contributed by atoms with Crippen molar-refractivity contribution in [3.8, 4) is 0 Å². The largest absolute Gasteiger partial charge is 0.334 e. The standard InChI is InChI=1S/C8H10Cl2N2OS2/c1-3-12(4-2)8(13)15-7-11-5(9)6(10)14-7/h3-4H2,1-2H3. The molecular weight excluding hydrogens is 275 g/mol. The van der Waals surface area contributed by atoms with Crippen molar-refractivity contribution in [2.45, 2.75) is 18.2 Å². The normalized spacial score (nSPS) is 10.4. The van der Waals surface area contributed by atoms with E-state index in [2.05, 4.69) is 4.98 Å². The zero-order chi connectivity index (χ0) is 11.4. The molecule has 1 amide bonds.